The second-order valence-corrected chi connectivity index (χ2v) is 4.81. The fourth-order valence-corrected chi connectivity index (χ4v) is 1.98. The van der Waals surface area contributed by atoms with E-state index in [0.717, 1.165) is 0 Å². The van der Waals surface area contributed by atoms with Crippen LogP contribution in [0.5, 0.6) is 5.75 Å². The molecule has 7 heteroatoms. The number of hydrogen-bond acceptors (Lipinski definition) is 3. The van der Waals surface area contributed by atoms with Crippen LogP contribution in [-0.2, 0) is 0 Å². The summed E-state index contributed by atoms with van der Waals surface area (Å²) in [7, 11) is 0. The van der Waals surface area contributed by atoms with E-state index in [-0.39, 0.29) is 26.4 Å². The zero-order chi connectivity index (χ0) is 14.0. The van der Waals surface area contributed by atoms with Crippen LogP contribution in [-0.4, -0.2) is 16.0 Å². The van der Waals surface area contributed by atoms with E-state index in [4.69, 9.17) is 34.8 Å². The molecule has 2 N–H and O–H groups in total. The Balaban J connectivity index is 2.30. The first-order valence-electron chi connectivity index (χ1n) is 5.08. The fraction of sp³-hybridized carbons (Fsp3) is 0. The number of nitrogens with one attached hydrogen (secondary N) is 1. The van der Waals surface area contributed by atoms with Crippen molar-refractivity contribution < 1.29 is 9.90 Å². The maximum atomic E-state index is 11.9. The van der Waals surface area contributed by atoms with Gasteiger partial charge in [-0.15, -0.1) is 0 Å². The number of hydrogen-bond donors (Lipinski definition) is 2. The van der Waals surface area contributed by atoms with Crippen molar-refractivity contribution >= 4 is 46.4 Å². The molecule has 0 aliphatic rings. The molecule has 2 aromatic rings. The molecule has 0 fully saturated rings. The maximum Gasteiger partial charge on any atom is 0.259 e. The first-order valence-corrected chi connectivity index (χ1v) is 6.21. The quantitative estimate of drug-likeness (QED) is 0.823. The largest absolute Gasteiger partial charge is 0.505 e. The molecule has 2 rings (SSSR count). The first kappa shape index (κ1) is 13.9. The van der Waals surface area contributed by atoms with E-state index in [1.807, 2.05) is 0 Å². The molecule has 0 aliphatic carbocycles. The number of rotatable bonds is 2. The number of carbonyl (C=O) groups excluding carboxylic acids is 1. The number of anilines is 1. The molecule has 1 heterocycles. The van der Waals surface area contributed by atoms with Gasteiger partial charge in [-0.2, -0.15) is 0 Å². The monoisotopic (exact) mass is 316 g/mol. The van der Waals surface area contributed by atoms with Gasteiger partial charge in [-0.05, 0) is 18.2 Å². The standard InChI is InChI=1S/C12H7Cl3N2O2/c13-7-3-9(15)10(4-8(7)14)17-12(19)6-1-2-16-5-11(6)18/h1-5,18H,(H,17,19). The van der Waals surface area contributed by atoms with Crippen LogP contribution in [0, 0.1) is 0 Å². The Bertz CT molecular complexity index is 647. The molecule has 0 unspecified atom stereocenters. The summed E-state index contributed by atoms with van der Waals surface area (Å²) >= 11 is 17.6. The number of carbonyl (C=O) groups is 1. The Hall–Kier alpha value is -1.49. The van der Waals surface area contributed by atoms with Gasteiger partial charge in [0.05, 0.1) is 32.5 Å². The van der Waals surface area contributed by atoms with Crippen LogP contribution in [0.3, 0.4) is 0 Å². The normalized spacial score (nSPS) is 10.3. The number of aromatic nitrogens is 1. The minimum Gasteiger partial charge on any atom is -0.505 e. The first-order chi connectivity index (χ1) is 8.99. The number of amides is 1. The second-order valence-electron chi connectivity index (χ2n) is 3.59. The Morgan fingerprint density at radius 1 is 1.16 bits per heavy atom. The molecule has 0 radical (unpaired) electrons. The van der Waals surface area contributed by atoms with Gasteiger partial charge in [-0.1, -0.05) is 34.8 Å². The highest BCUT2D eigenvalue weighted by atomic mass is 35.5. The van der Waals surface area contributed by atoms with E-state index < -0.39 is 5.91 Å². The number of nitrogens with zero attached hydrogens (tertiary/aromatic N) is 1. The van der Waals surface area contributed by atoms with Crippen molar-refractivity contribution in [2.45, 2.75) is 0 Å². The Kier molecular flexibility index (Phi) is 4.14. The third-order valence-corrected chi connectivity index (χ3v) is 3.34. The van der Waals surface area contributed by atoms with Gasteiger partial charge < -0.3 is 10.4 Å². The summed E-state index contributed by atoms with van der Waals surface area (Å²) < 4.78 is 0. The van der Waals surface area contributed by atoms with Crippen LogP contribution in [0.15, 0.2) is 30.6 Å². The highest BCUT2D eigenvalue weighted by molar-refractivity contribution is 6.44. The van der Waals surface area contributed by atoms with Gasteiger partial charge in [0.1, 0.15) is 5.75 Å². The number of benzene rings is 1. The molecule has 0 saturated heterocycles. The van der Waals surface area contributed by atoms with E-state index in [0.29, 0.717) is 5.69 Å². The Labute approximate surface area is 123 Å². The summed E-state index contributed by atoms with van der Waals surface area (Å²) in [6.07, 6.45) is 2.57. The molecule has 1 amide bonds. The molecule has 0 bridgehead atoms. The van der Waals surface area contributed by atoms with Crippen molar-refractivity contribution in [3.8, 4) is 5.75 Å². The number of aromatic hydroxyl groups is 1. The van der Waals surface area contributed by atoms with E-state index >= 15 is 0 Å². The second kappa shape index (κ2) is 5.65. The van der Waals surface area contributed by atoms with Gasteiger partial charge in [0, 0.05) is 6.20 Å². The SMILES string of the molecule is O=C(Nc1cc(Cl)c(Cl)cc1Cl)c1ccncc1O. The van der Waals surface area contributed by atoms with Gasteiger partial charge in [0.25, 0.3) is 5.91 Å². The molecule has 1 aromatic carbocycles. The Morgan fingerprint density at radius 2 is 1.84 bits per heavy atom. The van der Waals surface area contributed by atoms with Crippen molar-refractivity contribution in [3.05, 3.63) is 51.2 Å². The lowest BCUT2D eigenvalue weighted by Crippen LogP contribution is -2.12. The van der Waals surface area contributed by atoms with Gasteiger partial charge in [0.15, 0.2) is 0 Å². The molecular formula is C12H7Cl3N2O2. The summed E-state index contributed by atoms with van der Waals surface area (Å²) in [4.78, 5) is 15.6. The Morgan fingerprint density at radius 3 is 2.53 bits per heavy atom. The van der Waals surface area contributed by atoms with Crippen molar-refractivity contribution in [1.82, 2.24) is 4.98 Å². The predicted octanol–water partition coefficient (Wildman–Crippen LogP) is 4.00. The minimum atomic E-state index is -0.528. The van der Waals surface area contributed by atoms with E-state index in [9.17, 15) is 9.90 Å². The van der Waals surface area contributed by atoms with Crippen molar-refractivity contribution in [2.24, 2.45) is 0 Å². The highest BCUT2D eigenvalue weighted by Gasteiger charge is 2.13. The summed E-state index contributed by atoms with van der Waals surface area (Å²) in [5.41, 5.74) is 0.384. The van der Waals surface area contributed by atoms with Crippen LogP contribution in [0.2, 0.25) is 15.1 Å². The van der Waals surface area contributed by atoms with Gasteiger partial charge in [-0.25, -0.2) is 0 Å². The minimum absolute atomic E-state index is 0.0807. The zero-order valence-electron chi connectivity index (χ0n) is 9.32. The zero-order valence-corrected chi connectivity index (χ0v) is 11.6. The van der Waals surface area contributed by atoms with Gasteiger partial charge in [-0.3, -0.25) is 9.78 Å². The maximum absolute atomic E-state index is 11.9. The lowest BCUT2D eigenvalue weighted by Gasteiger charge is -2.09. The molecular weight excluding hydrogens is 311 g/mol. The molecule has 0 spiro atoms. The highest BCUT2D eigenvalue weighted by Crippen LogP contribution is 2.32. The van der Waals surface area contributed by atoms with Crippen molar-refractivity contribution in [2.75, 3.05) is 5.32 Å². The summed E-state index contributed by atoms with van der Waals surface area (Å²) in [6.45, 7) is 0. The van der Waals surface area contributed by atoms with Crippen LogP contribution in [0.4, 0.5) is 5.69 Å². The average Bonchev–Trinajstić information content (AvgIpc) is 2.36. The lowest BCUT2D eigenvalue weighted by molar-refractivity contribution is 0.102. The molecule has 1 aromatic heterocycles. The molecule has 0 atom stereocenters. The fourth-order valence-electron chi connectivity index (χ4n) is 1.39. The molecule has 0 aliphatic heterocycles. The third kappa shape index (κ3) is 3.10. The van der Waals surface area contributed by atoms with E-state index in [2.05, 4.69) is 10.3 Å². The van der Waals surface area contributed by atoms with Crippen LogP contribution < -0.4 is 5.32 Å². The molecule has 98 valence electrons. The average molecular weight is 318 g/mol. The van der Waals surface area contributed by atoms with Gasteiger partial charge in [0.2, 0.25) is 0 Å². The van der Waals surface area contributed by atoms with Gasteiger partial charge >= 0.3 is 0 Å². The number of pyridine rings is 1. The summed E-state index contributed by atoms with van der Waals surface area (Å²) in [5.74, 6) is -0.753. The van der Waals surface area contributed by atoms with E-state index in [1.54, 1.807) is 0 Å². The summed E-state index contributed by atoms with van der Waals surface area (Å²) in [6, 6.07) is 4.24. The molecule has 4 nitrogen and oxygen atoms in total. The summed E-state index contributed by atoms with van der Waals surface area (Å²) in [5, 5.41) is 12.9. The van der Waals surface area contributed by atoms with Crippen LogP contribution >= 0.6 is 34.8 Å². The molecule has 19 heavy (non-hydrogen) atoms. The number of halogens is 3. The lowest BCUT2D eigenvalue weighted by atomic mass is 10.2. The topological polar surface area (TPSA) is 62.2 Å². The molecule has 0 saturated carbocycles. The van der Waals surface area contributed by atoms with Crippen molar-refractivity contribution in [3.63, 3.8) is 0 Å². The third-order valence-electron chi connectivity index (χ3n) is 2.30. The predicted molar refractivity (Wildman–Crippen MR) is 75.3 cm³/mol. The smallest absolute Gasteiger partial charge is 0.259 e. The van der Waals surface area contributed by atoms with Crippen LogP contribution in [0.1, 0.15) is 10.4 Å². The van der Waals surface area contributed by atoms with Crippen molar-refractivity contribution in [1.29, 1.82) is 0 Å². The van der Waals surface area contributed by atoms with E-state index in [1.165, 1.54) is 30.6 Å². The van der Waals surface area contributed by atoms with Crippen LogP contribution in [0.25, 0.3) is 0 Å².